The fourth-order valence-corrected chi connectivity index (χ4v) is 6.14. The molecule has 1 saturated heterocycles. The molecule has 0 spiro atoms. The summed E-state index contributed by atoms with van der Waals surface area (Å²) in [5.74, 6) is -3.92. The van der Waals surface area contributed by atoms with E-state index in [0.29, 0.717) is 41.8 Å². The number of carbonyl (C=O) groups is 2. The highest BCUT2D eigenvalue weighted by Gasteiger charge is 2.47. The molecule has 4 aromatic carbocycles. The highest BCUT2D eigenvalue weighted by molar-refractivity contribution is 6.08. The molecule has 6 rings (SSSR count). The van der Waals surface area contributed by atoms with Crippen LogP contribution in [0.25, 0.3) is 11.1 Å². The van der Waals surface area contributed by atoms with Crippen molar-refractivity contribution in [1.29, 1.82) is 0 Å². The second kappa shape index (κ2) is 13.2. The van der Waals surface area contributed by atoms with E-state index < -0.39 is 17.9 Å². The molecule has 0 radical (unpaired) electrons. The third kappa shape index (κ3) is 6.76. The van der Waals surface area contributed by atoms with Crippen LogP contribution >= 0.6 is 0 Å². The van der Waals surface area contributed by atoms with Crippen molar-refractivity contribution in [2.75, 3.05) is 43.5 Å². The van der Waals surface area contributed by atoms with Crippen molar-refractivity contribution in [2.24, 2.45) is 5.92 Å². The third-order valence-corrected chi connectivity index (χ3v) is 8.77. The van der Waals surface area contributed by atoms with Crippen LogP contribution in [0.2, 0.25) is 0 Å². The minimum absolute atomic E-state index is 0.0207. The Hall–Kier alpha value is -4.56. The van der Waals surface area contributed by atoms with Gasteiger partial charge in [-0.15, -0.1) is 0 Å². The number of halogens is 2. The molecule has 1 saturated carbocycles. The van der Waals surface area contributed by atoms with Gasteiger partial charge in [-0.25, -0.2) is 13.6 Å². The first-order chi connectivity index (χ1) is 21.8. The van der Waals surface area contributed by atoms with Crippen molar-refractivity contribution < 1.29 is 23.1 Å². The maximum absolute atomic E-state index is 14.6. The first-order valence-electron chi connectivity index (χ1n) is 15.5. The second-order valence-corrected chi connectivity index (χ2v) is 11.7. The van der Waals surface area contributed by atoms with Gasteiger partial charge in [0.15, 0.2) is 0 Å². The summed E-state index contributed by atoms with van der Waals surface area (Å²) in [6.07, 6.45) is 2.00. The Bertz CT molecular complexity index is 1620. The molecule has 1 unspecified atom stereocenters. The average molecular weight is 610 g/mol. The van der Waals surface area contributed by atoms with Crippen molar-refractivity contribution in [3.05, 3.63) is 120 Å². The summed E-state index contributed by atoms with van der Waals surface area (Å²) in [5, 5.41) is 2.99. The Balaban J connectivity index is 1.11. The maximum atomic E-state index is 14.6. The van der Waals surface area contributed by atoms with Crippen molar-refractivity contribution in [3.63, 3.8) is 0 Å². The molecule has 2 fully saturated rings. The van der Waals surface area contributed by atoms with E-state index in [4.69, 9.17) is 4.74 Å². The summed E-state index contributed by atoms with van der Waals surface area (Å²) < 4.78 is 34.3. The molecule has 1 aliphatic heterocycles. The van der Waals surface area contributed by atoms with Gasteiger partial charge in [-0.3, -0.25) is 9.69 Å². The topological polar surface area (TPSA) is 61.9 Å². The Kier molecular flexibility index (Phi) is 8.94. The third-order valence-electron chi connectivity index (χ3n) is 8.77. The van der Waals surface area contributed by atoms with Gasteiger partial charge in [-0.2, -0.15) is 0 Å². The van der Waals surface area contributed by atoms with Crippen molar-refractivity contribution in [1.82, 2.24) is 4.90 Å². The van der Waals surface area contributed by atoms with Gasteiger partial charge in [0.25, 0.3) is 11.8 Å². The molecule has 8 heteroatoms. The molecule has 2 aliphatic rings. The first-order valence-corrected chi connectivity index (χ1v) is 15.5. The summed E-state index contributed by atoms with van der Waals surface area (Å²) in [6.45, 7) is 3.04. The minimum Gasteiger partial charge on any atom is -0.468 e. The molecule has 6 nitrogen and oxygen atoms in total. The summed E-state index contributed by atoms with van der Waals surface area (Å²) in [7, 11) is 1.43. The summed E-state index contributed by atoms with van der Waals surface area (Å²) in [6, 6.07) is 30.5. The Labute approximate surface area is 262 Å². The van der Waals surface area contributed by atoms with E-state index in [9.17, 15) is 18.4 Å². The lowest BCUT2D eigenvalue weighted by Gasteiger charge is -2.29. The number of carbonyl (C=O) groups excluding carboxylic acids is 2. The molecule has 232 valence electrons. The molecule has 1 atom stereocenters. The number of alkyl halides is 2. The number of amides is 1. The normalized spacial score (nSPS) is 16.5. The van der Waals surface area contributed by atoms with Crippen LogP contribution in [-0.2, 0) is 15.5 Å². The molecular formula is C37H37F2N3O3. The lowest BCUT2D eigenvalue weighted by molar-refractivity contribution is -0.147. The molecule has 4 aromatic rings. The highest BCUT2D eigenvalue weighted by atomic mass is 19.3. The van der Waals surface area contributed by atoms with E-state index in [1.807, 2.05) is 66.7 Å². The van der Waals surface area contributed by atoms with Gasteiger partial charge < -0.3 is 15.0 Å². The van der Waals surface area contributed by atoms with Crippen molar-refractivity contribution >= 4 is 23.3 Å². The maximum Gasteiger partial charge on any atom is 0.327 e. The fourth-order valence-electron chi connectivity index (χ4n) is 6.14. The van der Waals surface area contributed by atoms with Gasteiger partial charge in [-0.05, 0) is 66.3 Å². The molecule has 1 amide bonds. The first kappa shape index (κ1) is 30.5. The van der Waals surface area contributed by atoms with Crippen LogP contribution in [0, 0.1) is 5.92 Å². The smallest absolute Gasteiger partial charge is 0.327 e. The Morgan fingerprint density at radius 3 is 2.20 bits per heavy atom. The van der Waals surface area contributed by atoms with E-state index in [1.165, 1.54) is 19.2 Å². The average Bonchev–Trinajstić information content (AvgIpc) is 3.95. The summed E-state index contributed by atoms with van der Waals surface area (Å²) in [5.41, 5.74) is 4.50. The largest absolute Gasteiger partial charge is 0.468 e. The number of ether oxygens (including phenoxy) is 1. The lowest BCUT2D eigenvalue weighted by Crippen LogP contribution is -2.37. The number of methoxy groups -OCH3 is 1. The van der Waals surface area contributed by atoms with E-state index in [1.54, 1.807) is 24.3 Å². The standard InChI is InChI=1S/C37H37F2N3O3/c1-45-36(44)34(27-8-3-2-4-9-27)42-23-7-22-41(24-25-42)31-20-18-30(19-21-31)40-35(43)33-11-6-5-10-32(33)26-12-14-28(15-13-26)37(38,39)29-16-17-29/h2-6,8-15,18-21,29,34H,7,16-17,22-25H2,1H3,(H,40,43). The number of nitrogens with one attached hydrogen (secondary N) is 1. The van der Waals surface area contributed by atoms with Crippen LogP contribution in [0.4, 0.5) is 20.2 Å². The minimum atomic E-state index is -2.82. The number of rotatable bonds is 9. The van der Waals surface area contributed by atoms with E-state index >= 15 is 0 Å². The van der Waals surface area contributed by atoms with Crippen LogP contribution in [0.5, 0.6) is 0 Å². The highest BCUT2D eigenvalue weighted by Crippen LogP contribution is 2.49. The zero-order valence-electron chi connectivity index (χ0n) is 25.3. The van der Waals surface area contributed by atoms with Crippen molar-refractivity contribution in [3.8, 4) is 11.1 Å². The molecule has 1 aliphatic carbocycles. The van der Waals surface area contributed by atoms with E-state index in [2.05, 4.69) is 15.1 Å². The summed E-state index contributed by atoms with van der Waals surface area (Å²) >= 11 is 0. The number of nitrogens with zero attached hydrogens (tertiary/aromatic N) is 2. The number of esters is 1. The number of anilines is 2. The summed E-state index contributed by atoms with van der Waals surface area (Å²) in [4.78, 5) is 30.6. The molecule has 0 bridgehead atoms. The number of benzene rings is 4. The van der Waals surface area contributed by atoms with Crippen LogP contribution < -0.4 is 10.2 Å². The van der Waals surface area contributed by atoms with Crippen LogP contribution in [-0.4, -0.2) is 50.1 Å². The zero-order chi connectivity index (χ0) is 31.4. The van der Waals surface area contributed by atoms with Gasteiger partial charge in [-0.1, -0.05) is 72.8 Å². The Morgan fingerprint density at radius 1 is 0.822 bits per heavy atom. The predicted octanol–water partition coefficient (Wildman–Crippen LogP) is 7.53. The molecular weight excluding hydrogens is 572 g/mol. The van der Waals surface area contributed by atoms with Crippen LogP contribution in [0.15, 0.2) is 103 Å². The lowest BCUT2D eigenvalue weighted by atomic mass is 9.96. The fraction of sp³-hybridized carbons (Fsp3) is 0.297. The van der Waals surface area contributed by atoms with Gasteiger partial charge in [0.05, 0.1) is 7.11 Å². The molecule has 1 heterocycles. The van der Waals surface area contributed by atoms with Crippen molar-refractivity contribution in [2.45, 2.75) is 31.2 Å². The Morgan fingerprint density at radius 2 is 1.51 bits per heavy atom. The van der Waals surface area contributed by atoms with E-state index in [0.717, 1.165) is 37.3 Å². The van der Waals surface area contributed by atoms with Gasteiger partial charge >= 0.3 is 5.97 Å². The van der Waals surface area contributed by atoms with Crippen LogP contribution in [0.3, 0.4) is 0 Å². The van der Waals surface area contributed by atoms with E-state index in [-0.39, 0.29) is 17.4 Å². The number of hydrogen-bond donors (Lipinski definition) is 1. The molecule has 1 N–H and O–H groups in total. The SMILES string of the molecule is COC(=O)C(c1ccccc1)N1CCCN(c2ccc(NC(=O)c3ccccc3-c3ccc(C(F)(F)C4CC4)cc3)cc2)CC1. The van der Waals surface area contributed by atoms with Gasteiger partial charge in [0.1, 0.15) is 6.04 Å². The quantitative estimate of drug-likeness (QED) is 0.199. The molecule has 45 heavy (non-hydrogen) atoms. The monoisotopic (exact) mass is 609 g/mol. The second-order valence-electron chi connectivity index (χ2n) is 11.7. The molecule has 0 aromatic heterocycles. The van der Waals surface area contributed by atoms with Gasteiger partial charge in [0.2, 0.25) is 0 Å². The zero-order valence-corrected chi connectivity index (χ0v) is 25.3. The predicted molar refractivity (Wildman–Crippen MR) is 172 cm³/mol. The van der Waals surface area contributed by atoms with Crippen LogP contribution in [0.1, 0.15) is 46.8 Å². The number of hydrogen-bond acceptors (Lipinski definition) is 5. The van der Waals surface area contributed by atoms with Gasteiger partial charge in [0, 0.05) is 54.6 Å².